The summed E-state index contributed by atoms with van der Waals surface area (Å²) >= 11 is 4.26. The van der Waals surface area contributed by atoms with Crippen LogP contribution in [-0.2, 0) is 25.6 Å². The number of hydrogen-bond acceptors (Lipinski definition) is 6. The number of carboxylic acids is 1. The van der Waals surface area contributed by atoms with Crippen LogP contribution in [0, 0.1) is 0 Å². The number of carboxylic acid groups (broad SMARTS) is 1. The number of para-hydroxylation sites is 1. The van der Waals surface area contributed by atoms with Gasteiger partial charge in [-0.2, -0.15) is 12.6 Å². The number of amides is 3. The first-order chi connectivity index (χ1) is 16.8. The molecule has 1 aromatic carbocycles. The molecule has 5 N–H and O–H groups in total. The Labute approximate surface area is 208 Å². The molecule has 188 valence electrons. The van der Waals surface area contributed by atoms with Gasteiger partial charge in [0, 0.05) is 35.9 Å². The van der Waals surface area contributed by atoms with E-state index in [2.05, 4.69) is 22.9 Å². The Morgan fingerprint density at radius 2 is 1.80 bits per heavy atom. The van der Waals surface area contributed by atoms with Crippen molar-refractivity contribution in [1.29, 1.82) is 0 Å². The van der Waals surface area contributed by atoms with Gasteiger partial charge >= 0.3 is 5.97 Å². The van der Waals surface area contributed by atoms with E-state index in [1.54, 1.807) is 0 Å². The van der Waals surface area contributed by atoms with Crippen LogP contribution >= 0.6 is 12.6 Å². The molecule has 0 saturated carbocycles. The van der Waals surface area contributed by atoms with Gasteiger partial charge in [0.1, 0.15) is 18.1 Å². The lowest BCUT2D eigenvalue weighted by Gasteiger charge is -2.32. The quantitative estimate of drug-likeness (QED) is 0.333. The number of aliphatic carboxylic acids is 1. The number of nitrogens with zero attached hydrogens (tertiary/aromatic N) is 2. The van der Waals surface area contributed by atoms with Crippen LogP contribution < -0.4 is 11.1 Å². The highest BCUT2D eigenvalue weighted by Gasteiger charge is 2.43. The zero-order valence-corrected chi connectivity index (χ0v) is 20.2. The van der Waals surface area contributed by atoms with Crippen LogP contribution in [0.15, 0.2) is 30.5 Å². The summed E-state index contributed by atoms with van der Waals surface area (Å²) in [6, 6.07) is 4.31. The number of hydrogen-bond donors (Lipinski definition) is 5. The second kappa shape index (κ2) is 10.7. The molecule has 2 aliphatic heterocycles. The van der Waals surface area contributed by atoms with Gasteiger partial charge in [0.15, 0.2) is 0 Å². The predicted octanol–water partition coefficient (Wildman–Crippen LogP) is 0.519. The second-order valence-electron chi connectivity index (χ2n) is 9.13. The van der Waals surface area contributed by atoms with Crippen molar-refractivity contribution in [3.8, 4) is 0 Å². The average molecular weight is 502 g/mol. The lowest BCUT2D eigenvalue weighted by atomic mass is 10.0. The largest absolute Gasteiger partial charge is 0.480 e. The van der Waals surface area contributed by atoms with Crippen LogP contribution in [-0.4, -0.2) is 86.6 Å². The fraction of sp³-hybridized carbons (Fsp3) is 0.500. The van der Waals surface area contributed by atoms with Gasteiger partial charge < -0.3 is 30.9 Å². The first-order valence-electron chi connectivity index (χ1n) is 11.9. The van der Waals surface area contributed by atoms with Crippen molar-refractivity contribution in [3.63, 3.8) is 0 Å². The van der Waals surface area contributed by atoms with E-state index in [-0.39, 0.29) is 11.7 Å². The normalized spacial score (nSPS) is 21.8. The van der Waals surface area contributed by atoms with Crippen molar-refractivity contribution in [1.82, 2.24) is 20.1 Å². The van der Waals surface area contributed by atoms with E-state index in [9.17, 15) is 24.3 Å². The molecule has 4 rings (SSSR count). The fourth-order valence-electron chi connectivity index (χ4n) is 5.06. The number of rotatable bonds is 8. The lowest BCUT2D eigenvalue weighted by Crippen LogP contribution is -2.57. The number of carbonyl (C=O) groups is 4. The Morgan fingerprint density at radius 1 is 1.11 bits per heavy atom. The van der Waals surface area contributed by atoms with E-state index >= 15 is 0 Å². The van der Waals surface area contributed by atoms with Crippen LogP contribution in [0.2, 0.25) is 0 Å². The lowest BCUT2D eigenvalue weighted by molar-refractivity contribution is -0.152. The van der Waals surface area contributed by atoms with Crippen molar-refractivity contribution >= 4 is 47.2 Å². The summed E-state index contributed by atoms with van der Waals surface area (Å²) in [5.41, 5.74) is 8.02. The zero-order chi connectivity index (χ0) is 25.1. The van der Waals surface area contributed by atoms with Gasteiger partial charge in [-0.1, -0.05) is 18.2 Å². The molecule has 2 aromatic rings. The highest BCUT2D eigenvalue weighted by Crippen LogP contribution is 2.26. The number of H-pyrrole nitrogens is 1. The summed E-state index contributed by atoms with van der Waals surface area (Å²) in [5.74, 6) is -2.22. The van der Waals surface area contributed by atoms with Crippen molar-refractivity contribution in [2.24, 2.45) is 5.73 Å². The van der Waals surface area contributed by atoms with E-state index in [4.69, 9.17) is 5.73 Å². The molecule has 4 atom stereocenters. The van der Waals surface area contributed by atoms with Gasteiger partial charge in [0.05, 0.1) is 6.04 Å². The number of nitrogens with two attached hydrogens (primary N) is 1. The van der Waals surface area contributed by atoms with E-state index in [1.165, 1.54) is 9.80 Å². The minimum Gasteiger partial charge on any atom is -0.480 e. The first-order valence-corrected chi connectivity index (χ1v) is 12.5. The third-order valence-corrected chi connectivity index (χ3v) is 7.26. The number of fused-ring (bicyclic) bond motifs is 1. The third kappa shape index (κ3) is 5.15. The van der Waals surface area contributed by atoms with E-state index in [1.807, 2.05) is 30.5 Å². The summed E-state index contributed by atoms with van der Waals surface area (Å²) in [6.07, 6.45) is 4.22. The summed E-state index contributed by atoms with van der Waals surface area (Å²) < 4.78 is 0. The molecule has 35 heavy (non-hydrogen) atoms. The molecular weight excluding hydrogens is 470 g/mol. The zero-order valence-electron chi connectivity index (χ0n) is 19.4. The van der Waals surface area contributed by atoms with Crippen LogP contribution in [0.3, 0.4) is 0 Å². The standard InChI is InChI=1S/C24H31N5O5S/c25-16(11-14-12-26-17-6-2-1-5-15(14)17)21(30)27-18(13-35)22(31)28-9-3-7-19(28)23(32)29-10-4-8-20(29)24(33)34/h1-2,5-6,12,16,18-20,26,35H,3-4,7-11,13,25H2,(H,27,30)(H,33,34). The summed E-state index contributed by atoms with van der Waals surface area (Å²) in [6.45, 7) is 0.728. The van der Waals surface area contributed by atoms with Crippen LogP contribution in [0.4, 0.5) is 0 Å². The van der Waals surface area contributed by atoms with Gasteiger partial charge in [0.25, 0.3) is 0 Å². The SMILES string of the molecule is NC(Cc1c[nH]c2ccccc12)C(=O)NC(CS)C(=O)N1CCCC1C(=O)N1CCCC1C(=O)O. The van der Waals surface area contributed by atoms with E-state index < -0.39 is 42.0 Å². The predicted molar refractivity (Wildman–Crippen MR) is 133 cm³/mol. The minimum atomic E-state index is -1.03. The molecule has 0 spiro atoms. The molecule has 3 heterocycles. The van der Waals surface area contributed by atoms with Gasteiger partial charge in [-0.15, -0.1) is 0 Å². The Kier molecular flexibility index (Phi) is 7.66. The third-order valence-electron chi connectivity index (χ3n) is 6.89. The highest BCUT2D eigenvalue weighted by atomic mass is 32.1. The molecule has 2 fully saturated rings. The Bertz CT molecular complexity index is 1120. The number of nitrogens with one attached hydrogen (secondary N) is 2. The van der Waals surface area contributed by atoms with Gasteiger partial charge in [-0.05, 0) is 43.7 Å². The highest BCUT2D eigenvalue weighted by molar-refractivity contribution is 7.80. The summed E-state index contributed by atoms with van der Waals surface area (Å²) in [4.78, 5) is 56.8. The number of thiol groups is 1. The molecule has 3 amide bonds. The molecule has 0 bridgehead atoms. The Morgan fingerprint density at radius 3 is 2.51 bits per heavy atom. The van der Waals surface area contributed by atoms with Crippen LogP contribution in [0.1, 0.15) is 31.2 Å². The Balaban J connectivity index is 1.40. The maximum Gasteiger partial charge on any atom is 0.326 e. The first kappa shape index (κ1) is 25.1. The summed E-state index contributed by atoms with van der Waals surface area (Å²) in [7, 11) is 0. The number of aromatic nitrogens is 1. The number of likely N-dealkylation sites (tertiary alicyclic amines) is 2. The number of benzene rings is 1. The topological polar surface area (TPSA) is 149 Å². The number of carbonyl (C=O) groups excluding carboxylic acids is 3. The van der Waals surface area contributed by atoms with E-state index in [0.717, 1.165) is 16.5 Å². The molecule has 2 aliphatic rings. The van der Waals surface area contributed by atoms with Gasteiger partial charge in [-0.3, -0.25) is 14.4 Å². The molecule has 0 radical (unpaired) electrons. The van der Waals surface area contributed by atoms with Crippen LogP contribution in [0.25, 0.3) is 10.9 Å². The van der Waals surface area contributed by atoms with Crippen molar-refractivity contribution in [2.45, 2.75) is 56.3 Å². The monoisotopic (exact) mass is 501 g/mol. The molecule has 10 nitrogen and oxygen atoms in total. The molecule has 11 heteroatoms. The molecule has 2 saturated heterocycles. The minimum absolute atomic E-state index is 0.0449. The van der Waals surface area contributed by atoms with Crippen molar-refractivity contribution in [2.75, 3.05) is 18.8 Å². The van der Waals surface area contributed by atoms with Gasteiger partial charge in [0.2, 0.25) is 17.7 Å². The van der Waals surface area contributed by atoms with Crippen LogP contribution in [0.5, 0.6) is 0 Å². The van der Waals surface area contributed by atoms with Crippen molar-refractivity contribution in [3.05, 3.63) is 36.0 Å². The smallest absolute Gasteiger partial charge is 0.326 e. The van der Waals surface area contributed by atoms with Crippen molar-refractivity contribution < 1.29 is 24.3 Å². The second-order valence-corrected chi connectivity index (χ2v) is 9.50. The van der Waals surface area contributed by atoms with Gasteiger partial charge in [-0.25, -0.2) is 4.79 Å². The van der Waals surface area contributed by atoms with E-state index in [0.29, 0.717) is 45.2 Å². The summed E-state index contributed by atoms with van der Waals surface area (Å²) in [5, 5.41) is 13.1. The average Bonchev–Trinajstić information content (AvgIpc) is 3.61. The maximum atomic E-state index is 13.3. The maximum absolute atomic E-state index is 13.3. The molecular formula is C24H31N5O5S. The number of aromatic amines is 1. The molecule has 0 aliphatic carbocycles. The molecule has 4 unspecified atom stereocenters. The fourth-order valence-corrected chi connectivity index (χ4v) is 5.31. The Hall–Kier alpha value is -3.05. The molecule has 1 aromatic heterocycles.